The van der Waals surface area contributed by atoms with E-state index in [1.807, 2.05) is 39.0 Å². The molecule has 1 fully saturated rings. The first-order valence-corrected chi connectivity index (χ1v) is 8.91. The molecule has 1 saturated carbocycles. The maximum atomic E-state index is 12.0. The maximum absolute atomic E-state index is 12.0. The van der Waals surface area contributed by atoms with Gasteiger partial charge in [0.15, 0.2) is 0 Å². The van der Waals surface area contributed by atoms with Crippen LogP contribution in [0, 0.1) is 5.92 Å². The van der Waals surface area contributed by atoms with Crippen molar-refractivity contribution in [3.8, 4) is 0 Å². The molecule has 0 bridgehead atoms. The molecule has 0 spiro atoms. The number of nitrogen functional groups attached to an aromatic ring is 1. The smallest absolute Gasteiger partial charge is 0.410 e. The molecule has 0 saturated heterocycles. The highest BCUT2D eigenvalue weighted by atomic mass is 16.6. The summed E-state index contributed by atoms with van der Waals surface area (Å²) < 4.78 is 7.54. The number of carbonyl (C=O) groups excluding carboxylic acids is 1. The molecular formula is C19H30N4O2. The molecule has 1 aliphatic carbocycles. The summed E-state index contributed by atoms with van der Waals surface area (Å²) >= 11 is 0. The molecule has 0 radical (unpaired) electrons. The highest BCUT2D eigenvalue weighted by Crippen LogP contribution is 2.42. The fourth-order valence-electron chi connectivity index (χ4n) is 3.40. The molecule has 0 atom stereocenters. The number of benzene rings is 1. The van der Waals surface area contributed by atoms with Crippen molar-refractivity contribution in [2.45, 2.75) is 51.7 Å². The Hall–Kier alpha value is -2.24. The maximum Gasteiger partial charge on any atom is 0.410 e. The molecular weight excluding hydrogens is 316 g/mol. The zero-order valence-electron chi connectivity index (χ0n) is 15.5. The molecule has 2 N–H and O–H groups in total. The SMILES string of the molecule is CN(CCC1CC(n2c(N)nc3ccccc32)C1)C(=O)OC(C)(C)C.[HH]. The first kappa shape index (κ1) is 17.6. The summed E-state index contributed by atoms with van der Waals surface area (Å²) in [5.74, 6) is 1.20. The van der Waals surface area contributed by atoms with E-state index >= 15 is 0 Å². The van der Waals surface area contributed by atoms with Crippen molar-refractivity contribution in [2.24, 2.45) is 5.92 Å². The highest BCUT2D eigenvalue weighted by Gasteiger charge is 2.33. The van der Waals surface area contributed by atoms with Crippen LogP contribution in [0.1, 0.15) is 47.5 Å². The van der Waals surface area contributed by atoms with Crippen LogP contribution < -0.4 is 5.73 Å². The fourth-order valence-corrected chi connectivity index (χ4v) is 3.40. The number of anilines is 1. The average Bonchev–Trinajstić information content (AvgIpc) is 2.80. The fraction of sp³-hybridized carbons (Fsp3) is 0.579. The van der Waals surface area contributed by atoms with E-state index in [0.717, 1.165) is 30.3 Å². The third kappa shape index (κ3) is 3.89. The van der Waals surface area contributed by atoms with Gasteiger partial charge in [-0.1, -0.05) is 12.1 Å². The van der Waals surface area contributed by atoms with E-state index < -0.39 is 5.60 Å². The summed E-state index contributed by atoms with van der Waals surface area (Å²) in [5.41, 5.74) is 7.72. The first-order chi connectivity index (χ1) is 11.7. The second-order valence-electron chi connectivity index (χ2n) is 8.01. The van der Waals surface area contributed by atoms with Crippen LogP contribution in [0.2, 0.25) is 0 Å². The Bertz CT molecular complexity index is 762. The molecule has 1 aromatic carbocycles. The molecule has 25 heavy (non-hydrogen) atoms. The van der Waals surface area contributed by atoms with E-state index in [1.54, 1.807) is 11.9 Å². The van der Waals surface area contributed by atoms with Crippen LogP contribution in [0.15, 0.2) is 24.3 Å². The molecule has 2 aromatic rings. The third-order valence-corrected chi connectivity index (χ3v) is 4.78. The summed E-state index contributed by atoms with van der Waals surface area (Å²) in [6, 6.07) is 8.47. The van der Waals surface area contributed by atoms with Gasteiger partial charge in [-0.2, -0.15) is 0 Å². The molecule has 1 aliphatic rings. The van der Waals surface area contributed by atoms with Gasteiger partial charge < -0.3 is 19.9 Å². The predicted octanol–water partition coefficient (Wildman–Crippen LogP) is 4.07. The van der Waals surface area contributed by atoms with Gasteiger partial charge in [-0.3, -0.25) is 0 Å². The number of ether oxygens (including phenoxy) is 1. The van der Waals surface area contributed by atoms with Gasteiger partial charge in [0, 0.05) is 21.1 Å². The minimum atomic E-state index is -0.451. The summed E-state index contributed by atoms with van der Waals surface area (Å²) in [5, 5.41) is 0. The Kier molecular flexibility index (Phi) is 4.62. The number of rotatable bonds is 4. The number of fused-ring (bicyclic) bond motifs is 1. The van der Waals surface area contributed by atoms with Crippen molar-refractivity contribution in [2.75, 3.05) is 19.3 Å². The number of aromatic nitrogens is 2. The Morgan fingerprint density at radius 3 is 2.76 bits per heavy atom. The zero-order chi connectivity index (χ0) is 18.2. The topological polar surface area (TPSA) is 73.4 Å². The lowest BCUT2D eigenvalue weighted by atomic mass is 9.78. The highest BCUT2D eigenvalue weighted by molar-refractivity contribution is 5.78. The molecule has 1 aromatic heterocycles. The van der Waals surface area contributed by atoms with Crippen LogP contribution in [0.5, 0.6) is 0 Å². The van der Waals surface area contributed by atoms with E-state index in [1.165, 1.54) is 0 Å². The Balaban J connectivity index is 0.00000243. The molecule has 1 amide bonds. The largest absolute Gasteiger partial charge is 0.444 e. The van der Waals surface area contributed by atoms with Crippen LogP contribution in [-0.4, -0.2) is 39.7 Å². The Labute approximate surface area is 150 Å². The number of hydrogen-bond donors (Lipinski definition) is 1. The summed E-state index contributed by atoms with van der Waals surface area (Å²) in [6.07, 6.45) is 2.88. The van der Waals surface area contributed by atoms with Gasteiger partial charge >= 0.3 is 6.09 Å². The van der Waals surface area contributed by atoms with Crippen LogP contribution in [0.4, 0.5) is 10.7 Å². The van der Waals surface area contributed by atoms with Crippen molar-refractivity contribution in [3.05, 3.63) is 24.3 Å². The number of carbonyl (C=O) groups is 1. The lowest BCUT2D eigenvalue weighted by Crippen LogP contribution is -2.36. The normalized spacial score (nSPS) is 20.3. The van der Waals surface area contributed by atoms with E-state index in [2.05, 4.69) is 15.6 Å². The summed E-state index contributed by atoms with van der Waals surface area (Å²) in [6.45, 7) is 6.37. The minimum absolute atomic E-state index is 0. The first-order valence-electron chi connectivity index (χ1n) is 8.91. The number of amides is 1. The molecule has 1 heterocycles. The summed E-state index contributed by atoms with van der Waals surface area (Å²) in [4.78, 5) is 18.1. The number of nitrogens with two attached hydrogens (primary N) is 1. The Morgan fingerprint density at radius 1 is 1.40 bits per heavy atom. The minimum Gasteiger partial charge on any atom is -0.444 e. The van der Waals surface area contributed by atoms with Gasteiger partial charge in [0.1, 0.15) is 5.60 Å². The number of nitrogens with zero attached hydrogens (tertiary/aromatic N) is 3. The van der Waals surface area contributed by atoms with E-state index in [-0.39, 0.29) is 7.52 Å². The van der Waals surface area contributed by atoms with E-state index in [0.29, 0.717) is 24.5 Å². The van der Waals surface area contributed by atoms with Gasteiger partial charge in [-0.15, -0.1) is 0 Å². The molecule has 138 valence electrons. The van der Waals surface area contributed by atoms with Crippen LogP contribution >= 0.6 is 0 Å². The van der Waals surface area contributed by atoms with Crippen LogP contribution in [0.25, 0.3) is 11.0 Å². The monoisotopic (exact) mass is 346 g/mol. The zero-order valence-corrected chi connectivity index (χ0v) is 15.5. The molecule has 3 rings (SSSR count). The van der Waals surface area contributed by atoms with Crippen LogP contribution in [0.3, 0.4) is 0 Å². The lowest BCUT2D eigenvalue weighted by molar-refractivity contribution is 0.0277. The second-order valence-corrected chi connectivity index (χ2v) is 8.01. The van der Waals surface area contributed by atoms with Gasteiger partial charge in [-0.25, -0.2) is 9.78 Å². The van der Waals surface area contributed by atoms with Crippen molar-refractivity contribution in [1.29, 1.82) is 0 Å². The Morgan fingerprint density at radius 2 is 2.08 bits per heavy atom. The molecule has 6 nitrogen and oxygen atoms in total. The molecule has 0 unspecified atom stereocenters. The van der Waals surface area contributed by atoms with Crippen molar-refractivity contribution < 1.29 is 11.0 Å². The second kappa shape index (κ2) is 6.58. The van der Waals surface area contributed by atoms with Crippen molar-refractivity contribution in [1.82, 2.24) is 14.5 Å². The number of para-hydroxylation sites is 2. The number of hydrogen-bond acceptors (Lipinski definition) is 4. The van der Waals surface area contributed by atoms with Gasteiger partial charge in [0.05, 0.1) is 11.0 Å². The van der Waals surface area contributed by atoms with Crippen molar-refractivity contribution in [3.63, 3.8) is 0 Å². The van der Waals surface area contributed by atoms with E-state index in [9.17, 15) is 4.79 Å². The summed E-state index contributed by atoms with van der Waals surface area (Å²) in [7, 11) is 1.80. The molecule has 0 aliphatic heterocycles. The number of imidazole rings is 1. The average molecular weight is 346 g/mol. The predicted molar refractivity (Wildman–Crippen MR) is 102 cm³/mol. The molecule has 6 heteroatoms. The van der Waals surface area contributed by atoms with Gasteiger partial charge in [-0.05, 0) is 58.1 Å². The standard InChI is InChI=1S/C19H28N4O2.H2/c1-19(2,3)25-18(24)22(4)10-9-13-11-14(12-13)23-16-8-6-5-7-15(16)21-17(23)20;/h5-8,13-14H,9-12H2,1-4H3,(H2,20,21);1H. The van der Waals surface area contributed by atoms with Crippen molar-refractivity contribution >= 4 is 23.1 Å². The van der Waals surface area contributed by atoms with Gasteiger partial charge in [0.25, 0.3) is 0 Å². The third-order valence-electron chi connectivity index (χ3n) is 4.78. The van der Waals surface area contributed by atoms with Crippen LogP contribution in [-0.2, 0) is 4.74 Å². The van der Waals surface area contributed by atoms with Gasteiger partial charge in [0.2, 0.25) is 5.95 Å². The van der Waals surface area contributed by atoms with E-state index in [4.69, 9.17) is 10.5 Å². The quantitative estimate of drug-likeness (QED) is 0.905. The lowest BCUT2D eigenvalue weighted by Gasteiger charge is -2.37.